The maximum atomic E-state index is 12.3. The van der Waals surface area contributed by atoms with Crippen molar-refractivity contribution in [3.63, 3.8) is 0 Å². The highest BCUT2D eigenvalue weighted by molar-refractivity contribution is 6.30. The van der Waals surface area contributed by atoms with Gasteiger partial charge in [-0.25, -0.2) is 4.98 Å². The zero-order valence-corrected chi connectivity index (χ0v) is 15.7. The lowest BCUT2D eigenvalue weighted by Crippen LogP contribution is -2.26. The third-order valence-electron chi connectivity index (χ3n) is 3.63. The average molecular weight is 370 g/mol. The summed E-state index contributed by atoms with van der Waals surface area (Å²) in [6, 6.07) is 11.2. The first-order chi connectivity index (χ1) is 12.3. The van der Waals surface area contributed by atoms with E-state index in [1.54, 1.807) is 23.3 Å². The predicted molar refractivity (Wildman–Crippen MR) is 102 cm³/mol. The van der Waals surface area contributed by atoms with E-state index in [9.17, 15) is 4.79 Å². The molecular weight excluding hydrogens is 350 g/mol. The van der Waals surface area contributed by atoms with Gasteiger partial charge >= 0.3 is 5.97 Å². The van der Waals surface area contributed by atoms with Gasteiger partial charge in [0, 0.05) is 28.5 Å². The van der Waals surface area contributed by atoms with E-state index in [1.165, 1.54) is 0 Å². The molecule has 2 aromatic heterocycles. The number of hydrogen-bond donors (Lipinski definition) is 0. The van der Waals surface area contributed by atoms with Crippen molar-refractivity contribution in [1.82, 2.24) is 14.5 Å². The molecule has 134 valence electrons. The van der Waals surface area contributed by atoms with Crippen LogP contribution in [-0.4, -0.2) is 26.1 Å². The Morgan fingerprint density at radius 1 is 1.08 bits per heavy atom. The molecule has 0 amide bonds. The summed E-state index contributed by atoms with van der Waals surface area (Å²) in [7, 11) is 0. The monoisotopic (exact) mass is 369 g/mol. The van der Waals surface area contributed by atoms with Crippen molar-refractivity contribution in [2.75, 3.05) is 0 Å². The molecule has 0 aliphatic heterocycles. The fourth-order valence-electron chi connectivity index (χ4n) is 2.65. The van der Waals surface area contributed by atoms with Gasteiger partial charge in [0.1, 0.15) is 12.1 Å². The van der Waals surface area contributed by atoms with E-state index in [0.29, 0.717) is 5.02 Å². The predicted octanol–water partition coefficient (Wildman–Crippen LogP) is 4.61. The second-order valence-corrected chi connectivity index (χ2v) is 7.34. The van der Waals surface area contributed by atoms with Crippen LogP contribution in [0.15, 0.2) is 55.1 Å². The summed E-state index contributed by atoms with van der Waals surface area (Å²) in [5, 5.41) is 0.660. The molecule has 0 spiro atoms. The molecule has 0 aliphatic rings. The summed E-state index contributed by atoms with van der Waals surface area (Å²) in [6.07, 6.45) is 5.08. The van der Waals surface area contributed by atoms with E-state index in [-0.39, 0.29) is 12.5 Å². The van der Waals surface area contributed by atoms with Gasteiger partial charge in [-0.1, -0.05) is 23.7 Å². The minimum atomic E-state index is -0.534. The van der Waals surface area contributed by atoms with Crippen LogP contribution in [0, 0.1) is 0 Å². The SMILES string of the molecule is CC(C)(C)OC(=O)Cn1cnc(-c2ccc(Cl)cc2)c1-c1ccncc1. The average Bonchev–Trinajstić information content (AvgIpc) is 2.98. The van der Waals surface area contributed by atoms with Crippen molar-refractivity contribution in [2.24, 2.45) is 0 Å². The first-order valence-electron chi connectivity index (χ1n) is 8.27. The van der Waals surface area contributed by atoms with Gasteiger partial charge in [0.15, 0.2) is 0 Å². The van der Waals surface area contributed by atoms with Crippen molar-refractivity contribution in [3.05, 3.63) is 60.1 Å². The number of pyridine rings is 1. The summed E-state index contributed by atoms with van der Waals surface area (Å²) in [5.74, 6) is -0.312. The molecule has 0 atom stereocenters. The molecule has 2 heterocycles. The van der Waals surface area contributed by atoms with Gasteiger partial charge in [0.2, 0.25) is 0 Å². The molecule has 3 aromatic rings. The first kappa shape index (κ1) is 18.1. The molecule has 0 saturated heterocycles. The van der Waals surface area contributed by atoms with Gasteiger partial charge in [0.05, 0.1) is 17.7 Å². The molecular formula is C20H20ClN3O2. The largest absolute Gasteiger partial charge is 0.459 e. The number of hydrogen-bond acceptors (Lipinski definition) is 4. The Labute approximate surface area is 157 Å². The lowest BCUT2D eigenvalue weighted by Gasteiger charge is -2.20. The highest BCUT2D eigenvalue weighted by Crippen LogP contribution is 2.31. The molecule has 5 nitrogen and oxygen atoms in total. The van der Waals surface area contributed by atoms with Crippen molar-refractivity contribution >= 4 is 17.6 Å². The molecule has 0 N–H and O–H groups in total. The van der Waals surface area contributed by atoms with Crippen LogP contribution in [-0.2, 0) is 16.1 Å². The summed E-state index contributed by atoms with van der Waals surface area (Å²) < 4.78 is 7.24. The lowest BCUT2D eigenvalue weighted by atomic mass is 10.1. The van der Waals surface area contributed by atoms with E-state index in [1.807, 2.05) is 57.2 Å². The zero-order valence-electron chi connectivity index (χ0n) is 14.9. The fraction of sp³-hybridized carbons (Fsp3) is 0.250. The van der Waals surface area contributed by atoms with Gasteiger partial charge < -0.3 is 9.30 Å². The molecule has 3 rings (SSSR count). The van der Waals surface area contributed by atoms with Crippen LogP contribution < -0.4 is 0 Å². The quantitative estimate of drug-likeness (QED) is 0.630. The smallest absolute Gasteiger partial charge is 0.326 e. The zero-order chi connectivity index (χ0) is 18.7. The van der Waals surface area contributed by atoms with E-state index in [0.717, 1.165) is 22.5 Å². The van der Waals surface area contributed by atoms with Crippen molar-refractivity contribution in [1.29, 1.82) is 0 Å². The van der Waals surface area contributed by atoms with E-state index >= 15 is 0 Å². The van der Waals surface area contributed by atoms with Gasteiger partial charge in [-0.3, -0.25) is 9.78 Å². The molecule has 0 unspecified atom stereocenters. The first-order valence-corrected chi connectivity index (χ1v) is 8.64. The third-order valence-corrected chi connectivity index (χ3v) is 3.88. The number of nitrogens with zero attached hydrogens (tertiary/aromatic N) is 3. The Hall–Kier alpha value is -2.66. The molecule has 0 aliphatic carbocycles. The summed E-state index contributed by atoms with van der Waals surface area (Å²) in [6.45, 7) is 5.63. The Morgan fingerprint density at radius 3 is 2.35 bits per heavy atom. The Morgan fingerprint density at radius 2 is 1.73 bits per heavy atom. The molecule has 26 heavy (non-hydrogen) atoms. The fourth-order valence-corrected chi connectivity index (χ4v) is 2.77. The van der Waals surface area contributed by atoms with Gasteiger partial charge in [-0.05, 0) is 45.0 Å². The summed E-state index contributed by atoms with van der Waals surface area (Å²) in [4.78, 5) is 20.9. The molecule has 0 bridgehead atoms. The standard InChI is InChI=1S/C20H20ClN3O2/c1-20(2,3)26-17(25)12-24-13-23-18(14-4-6-16(21)7-5-14)19(24)15-8-10-22-11-9-15/h4-11,13H,12H2,1-3H3. The van der Waals surface area contributed by atoms with Crippen LogP contribution in [0.4, 0.5) is 0 Å². The number of imidazole rings is 1. The maximum absolute atomic E-state index is 12.3. The molecule has 0 saturated carbocycles. The number of carbonyl (C=O) groups excluding carboxylic acids is 1. The second kappa shape index (κ2) is 7.30. The van der Waals surface area contributed by atoms with E-state index in [2.05, 4.69) is 9.97 Å². The Bertz CT molecular complexity index is 897. The Balaban J connectivity index is 2.03. The maximum Gasteiger partial charge on any atom is 0.326 e. The second-order valence-electron chi connectivity index (χ2n) is 6.90. The van der Waals surface area contributed by atoms with Crippen LogP contribution in [0.25, 0.3) is 22.5 Å². The normalized spacial score (nSPS) is 11.4. The van der Waals surface area contributed by atoms with E-state index in [4.69, 9.17) is 16.3 Å². The van der Waals surface area contributed by atoms with Gasteiger partial charge in [-0.2, -0.15) is 0 Å². The van der Waals surface area contributed by atoms with Crippen LogP contribution in [0.3, 0.4) is 0 Å². The van der Waals surface area contributed by atoms with Crippen LogP contribution >= 0.6 is 11.6 Å². The number of benzene rings is 1. The molecule has 1 aromatic carbocycles. The summed E-state index contributed by atoms with van der Waals surface area (Å²) >= 11 is 6.00. The van der Waals surface area contributed by atoms with Gasteiger partial charge in [-0.15, -0.1) is 0 Å². The number of aromatic nitrogens is 3. The Kier molecular flexibility index (Phi) is 5.09. The molecule has 0 radical (unpaired) electrons. The van der Waals surface area contributed by atoms with Crippen LogP contribution in [0.1, 0.15) is 20.8 Å². The van der Waals surface area contributed by atoms with E-state index < -0.39 is 5.60 Å². The van der Waals surface area contributed by atoms with Crippen molar-refractivity contribution in [3.8, 4) is 22.5 Å². The number of rotatable bonds is 4. The lowest BCUT2D eigenvalue weighted by molar-refractivity contribution is -0.155. The van der Waals surface area contributed by atoms with Crippen LogP contribution in [0.2, 0.25) is 5.02 Å². The number of ether oxygens (including phenoxy) is 1. The minimum absolute atomic E-state index is 0.0789. The van der Waals surface area contributed by atoms with Gasteiger partial charge in [0.25, 0.3) is 0 Å². The minimum Gasteiger partial charge on any atom is -0.459 e. The topological polar surface area (TPSA) is 57.0 Å². The number of esters is 1. The third kappa shape index (κ3) is 4.29. The number of carbonyl (C=O) groups is 1. The number of halogens is 1. The summed E-state index contributed by atoms with van der Waals surface area (Å²) in [5.41, 5.74) is 2.92. The van der Waals surface area contributed by atoms with Crippen molar-refractivity contribution in [2.45, 2.75) is 32.9 Å². The van der Waals surface area contributed by atoms with Crippen molar-refractivity contribution < 1.29 is 9.53 Å². The molecule has 0 fully saturated rings. The molecule has 6 heteroatoms. The highest BCUT2D eigenvalue weighted by atomic mass is 35.5. The van der Waals surface area contributed by atoms with Crippen LogP contribution in [0.5, 0.6) is 0 Å². The highest BCUT2D eigenvalue weighted by Gasteiger charge is 2.20.